The number of carbonyl (C=O) groups is 1. The van der Waals surface area contributed by atoms with Crippen molar-refractivity contribution in [2.45, 2.75) is 32.2 Å². The van der Waals surface area contributed by atoms with E-state index in [1.165, 1.54) is 11.1 Å². The number of piperidine rings is 1. The maximum atomic E-state index is 11.4. The van der Waals surface area contributed by atoms with E-state index in [0.717, 1.165) is 44.9 Å². The molecule has 138 valence electrons. The molecule has 7 heteroatoms. The number of nitrogens with one attached hydrogen (secondary N) is 3. The van der Waals surface area contributed by atoms with Crippen LogP contribution in [0.2, 0.25) is 0 Å². The Morgan fingerprint density at radius 3 is 2.80 bits per heavy atom. The maximum absolute atomic E-state index is 11.4. The molecule has 1 saturated heterocycles. The van der Waals surface area contributed by atoms with Crippen molar-refractivity contribution in [1.82, 2.24) is 25.8 Å². The molecule has 1 aliphatic rings. The SMILES string of the molecule is CN=C(NCCc1ccncc1C)NC1CCN(CC(=O)NC)CC1. The molecule has 1 amide bonds. The highest BCUT2D eigenvalue weighted by Crippen LogP contribution is 2.10. The Hall–Kier alpha value is -2.15. The van der Waals surface area contributed by atoms with Gasteiger partial charge in [-0.05, 0) is 43.4 Å². The zero-order valence-electron chi connectivity index (χ0n) is 15.5. The lowest BCUT2D eigenvalue weighted by Crippen LogP contribution is -2.50. The lowest BCUT2D eigenvalue weighted by molar-refractivity contribution is -0.122. The summed E-state index contributed by atoms with van der Waals surface area (Å²) in [6.45, 7) is 5.26. The van der Waals surface area contributed by atoms with Gasteiger partial charge in [0.15, 0.2) is 5.96 Å². The summed E-state index contributed by atoms with van der Waals surface area (Å²) in [5.41, 5.74) is 2.52. The van der Waals surface area contributed by atoms with Crippen LogP contribution in [0.15, 0.2) is 23.5 Å². The number of likely N-dealkylation sites (tertiary alicyclic amines) is 1. The molecule has 7 nitrogen and oxygen atoms in total. The maximum Gasteiger partial charge on any atom is 0.233 e. The molecule has 0 bridgehead atoms. The number of pyridine rings is 1. The van der Waals surface area contributed by atoms with E-state index in [9.17, 15) is 4.79 Å². The highest BCUT2D eigenvalue weighted by atomic mass is 16.1. The minimum absolute atomic E-state index is 0.0790. The van der Waals surface area contributed by atoms with Crippen LogP contribution in [0.5, 0.6) is 0 Å². The van der Waals surface area contributed by atoms with Gasteiger partial charge in [0.1, 0.15) is 0 Å². The Morgan fingerprint density at radius 2 is 2.16 bits per heavy atom. The number of aliphatic imine (C=N–C) groups is 1. The number of amides is 1. The number of likely N-dealkylation sites (N-methyl/N-ethyl adjacent to an activating group) is 1. The van der Waals surface area contributed by atoms with Gasteiger partial charge in [-0.25, -0.2) is 0 Å². The summed E-state index contributed by atoms with van der Waals surface area (Å²) < 4.78 is 0. The first-order valence-electron chi connectivity index (χ1n) is 8.92. The summed E-state index contributed by atoms with van der Waals surface area (Å²) in [5, 5.41) is 9.56. The molecule has 0 aromatic carbocycles. The summed E-state index contributed by atoms with van der Waals surface area (Å²) in [4.78, 5) is 22.1. The Morgan fingerprint density at radius 1 is 1.40 bits per heavy atom. The minimum Gasteiger partial charge on any atom is -0.358 e. The predicted molar refractivity (Wildman–Crippen MR) is 101 cm³/mol. The molecule has 0 unspecified atom stereocenters. The third-order valence-corrected chi connectivity index (χ3v) is 4.62. The fraction of sp³-hybridized carbons (Fsp3) is 0.611. The monoisotopic (exact) mass is 346 g/mol. The molecule has 0 spiro atoms. The van der Waals surface area contributed by atoms with E-state index in [-0.39, 0.29) is 5.91 Å². The van der Waals surface area contributed by atoms with Crippen molar-refractivity contribution in [1.29, 1.82) is 0 Å². The predicted octanol–water partition coefficient (Wildman–Crippen LogP) is 0.308. The number of nitrogens with zero attached hydrogens (tertiary/aromatic N) is 3. The molecule has 1 fully saturated rings. The Labute approximate surface area is 150 Å². The number of aryl methyl sites for hydroxylation is 1. The van der Waals surface area contributed by atoms with Gasteiger partial charge in [-0.15, -0.1) is 0 Å². The second-order valence-electron chi connectivity index (χ2n) is 6.42. The molecule has 25 heavy (non-hydrogen) atoms. The van der Waals surface area contributed by atoms with Crippen LogP contribution in [0.4, 0.5) is 0 Å². The van der Waals surface area contributed by atoms with E-state index in [1.54, 1.807) is 14.1 Å². The summed E-state index contributed by atoms with van der Waals surface area (Å²) in [6, 6.07) is 2.46. The van der Waals surface area contributed by atoms with Gasteiger partial charge in [0, 0.05) is 52.2 Å². The minimum atomic E-state index is 0.0790. The third-order valence-electron chi connectivity index (χ3n) is 4.62. The van der Waals surface area contributed by atoms with Crippen LogP contribution in [0, 0.1) is 6.92 Å². The van der Waals surface area contributed by atoms with Crippen LogP contribution in [0.25, 0.3) is 0 Å². The lowest BCUT2D eigenvalue weighted by atomic mass is 10.1. The van der Waals surface area contributed by atoms with Crippen LogP contribution in [-0.2, 0) is 11.2 Å². The van der Waals surface area contributed by atoms with E-state index in [4.69, 9.17) is 0 Å². The van der Waals surface area contributed by atoms with Crippen LogP contribution >= 0.6 is 0 Å². The first kappa shape index (κ1) is 19.2. The van der Waals surface area contributed by atoms with Crippen molar-refractivity contribution in [3.8, 4) is 0 Å². The standard InChI is InChI=1S/C18H30N6O/c1-14-12-21-8-4-15(14)5-9-22-18(20-3)23-16-6-10-24(11-7-16)13-17(25)19-2/h4,8,12,16H,5-7,9-11,13H2,1-3H3,(H,19,25)(H2,20,22,23). The van der Waals surface area contributed by atoms with E-state index < -0.39 is 0 Å². The van der Waals surface area contributed by atoms with Crippen LogP contribution in [0.3, 0.4) is 0 Å². The summed E-state index contributed by atoms with van der Waals surface area (Å²) >= 11 is 0. The Kier molecular flexibility index (Phi) is 7.66. The van der Waals surface area contributed by atoms with Gasteiger partial charge in [-0.2, -0.15) is 0 Å². The molecule has 1 aromatic heterocycles. The van der Waals surface area contributed by atoms with Gasteiger partial charge in [0.25, 0.3) is 0 Å². The topological polar surface area (TPSA) is 81.7 Å². The lowest BCUT2D eigenvalue weighted by Gasteiger charge is -2.32. The van der Waals surface area contributed by atoms with Gasteiger partial charge in [-0.1, -0.05) is 0 Å². The van der Waals surface area contributed by atoms with E-state index in [2.05, 4.69) is 43.8 Å². The average molecular weight is 346 g/mol. The molecule has 2 rings (SSSR count). The second-order valence-corrected chi connectivity index (χ2v) is 6.42. The highest BCUT2D eigenvalue weighted by Gasteiger charge is 2.21. The van der Waals surface area contributed by atoms with E-state index in [0.29, 0.717) is 12.6 Å². The van der Waals surface area contributed by atoms with Crippen molar-refractivity contribution in [3.05, 3.63) is 29.6 Å². The van der Waals surface area contributed by atoms with Gasteiger partial charge in [0.2, 0.25) is 5.91 Å². The van der Waals surface area contributed by atoms with Crippen molar-refractivity contribution >= 4 is 11.9 Å². The Balaban J connectivity index is 1.70. The largest absolute Gasteiger partial charge is 0.358 e. The summed E-state index contributed by atoms with van der Waals surface area (Å²) in [5.74, 6) is 0.923. The molecule has 2 heterocycles. The van der Waals surface area contributed by atoms with Gasteiger partial charge < -0.3 is 16.0 Å². The zero-order valence-corrected chi connectivity index (χ0v) is 15.5. The molecular weight excluding hydrogens is 316 g/mol. The summed E-state index contributed by atoms with van der Waals surface area (Å²) in [7, 11) is 3.48. The Bertz CT molecular complexity index is 581. The number of carbonyl (C=O) groups excluding carboxylic acids is 1. The molecule has 0 atom stereocenters. The van der Waals surface area contributed by atoms with Crippen LogP contribution in [0.1, 0.15) is 24.0 Å². The van der Waals surface area contributed by atoms with Crippen molar-refractivity contribution in [2.24, 2.45) is 4.99 Å². The zero-order chi connectivity index (χ0) is 18.1. The van der Waals surface area contributed by atoms with Crippen molar-refractivity contribution in [2.75, 3.05) is 40.3 Å². The smallest absolute Gasteiger partial charge is 0.233 e. The molecule has 1 aliphatic heterocycles. The fourth-order valence-corrected chi connectivity index (χ4v) is 3.00. The normalized spacial score (nSPS) is 16.5. The number of guanidine groups is 1. The molecule has 1 aromatic rings. The van der Waals surface area contributed by atoms with Crippen LogP contribution in [-0.4, -0.2) is 68.1 Å². The van der Waals surface area contributed by atoms with Crippen molar-refractivity contribution in [3.63, 3.8) is 0 Å². The fourth-order valence-electron chi connectivity index (χ4n) is 3.00. The molecule has 0 radical (unpaired) electrons. The average Bonchev–Trinajstić information content (AvgIpc) is 2.63. The highest BCUT2D eigenvalue weighted by molar-refractivity contribution is 5.80. The molecule has 3 N–H and O–H groups in total. The number of aromatic nitrogens is 1. The first-order chi connectivity index (χ1) is 12.1. The molecular formula is C18H30N6O. The first-order valence-corrected chi connectivity index (χ1v) is 8.92. The third kappa shape index (κ3) is 6.34. The van der Waals surface area contributed by atoms with Gasteiger partial charge >= 0.3 is 0 Å². The van der Waals surface area contributed by atoms with E-state index in [1.807, 2.05) is 12.4 Å². The van der Waals surface area contributed by atoms with Gasteiger partial charge in [0.05, 0.1) is 6.54 Å². The number of hydrogen-bond donors (Lipinski definition) is 3. The number of rotatable bonds is 6. The summed E-state index contributed by atoms with van der Waals surface area (Å²) in [6.07, 6.45) is 6.71. The molecule has 0 aliphatic carbocycles. The van der Waals surface area contributed by atoms with Crippen LogP contribution < -0.4 is 16.0 Å². The quantitative estimate of drug-likeness (QED) is 0.510. The van der Waals surface area contributed by atoms with Gasteiger partial charge in [-0.3, -0.25) is 19.7 Å². The van der Waals surface area contributed by atoms with Crippen molar-refractivity contribution < 1.29 is 4.79 Å². The van der Waals surface area contributed by atoms with E-state index >= 15 is 0 Å². The number of hydrogen-bond acceptors (Lipinski definition) is 4. The molecule has 0 saturated carbocycles. The second kappa shape index (κ2) is 9.98.